The molecule has 1 unspecified atom stereocenters. The van der Waals surface area contributed by atoms with Crippen LogP contribution in [0.3, 0.4) is 0 Å². The van der Waals surface area contributed by atoms with Crippen molar-refractivity contribution in [2.45, 2.75) is 31.2 Å². The third-order valence-corrected chi connectivity index (χ3v) is 10.0. The Hall–Kier alpha value is -0.0331. The molecule has 0 radical (unpaired) electrons. The van der Waals surface area contributed by atoms with Crippen molar-refractivity contribution >= 4 is 18.6 Å². The highest BCUT2D eigenvalue weighted by Gasteiger charge is 2.39. The van der Waals surface area contributed by atoms with Crippen LogP contribution in [0.25, 0.3) is 0 Å². The smallest absolute Gasteiger partial charge is 0.187 e. The fourth-order valence-corrected chi connectivity index (χ4v) is 9.58. The van der Waals surface area contributed by atoms with Crippen molar-refractivity contribution < 1.29 is 4.74 Å². The molecule has 16 heavy (non-hydrogen) atoms. The third kappa shape index (κ3) is 2.80. The third-order valence-electron chi connectivity index (χ3n) is 3.22. The van der Waals surface area contributed by atoms with Gasteiger partial charge < -0.3 is 4.74 Å². The zero-order valence-electron chi connectivity index (χ0n) is 10.4. The van der Waals surface area contributed by atoms with E-state index in [1.165, 1.54) is 0 Å². The number of hydrogen-bond donors (Lipinski definition) is 0. The summed E-state index contributed by atoms with van der Waals surface area (Å²) in [5, 5.41) is 0. The Morgan fingerprint density at radius 2 is 2.19 bits per heavy atom. The molecular weight excluding hydrogens is 234 g/mol. The van der Waals surface area contributed by atoms with E-state index >= 15 is 0 Å². The molecule has 0 aromatic heterocycles. The fraction of sp³-hybridized carbons (Fsp3) is 0.667. The van der Waals surface area contributed by atoms with Crippen molar-refractivity contribution in [3.63, 3.8) is 0 Å². The monoisotopic (exact) mass is 255 g/mol. The molecule has 0 saturated carbocycles. The summed E-state index contributed by atoms with van der Waals surface area (Å²) < 4.78 is 8.32. The molecule has 1 atom stereocenters. The molecule has 90 valence electrons. The van der Waals surface area contributed by atoms with Crippen LogP contribution >= 0.6 is 11.2 Å². The average Bonchev–Trinajstić information content (AvgIpc) is 2.70. The second-order valence-electron chi connectivity index (χ2n) is 5.15. The number of ether oxygens (including phenoxy) is 1. The summed E-state index contributed by atoms with van der Waals surface area (Å²) in [5.74, 6) is 0. The summed E-state index contributed by atoms with van der Waals surface area (Å²) in [7, 11) is -1.39. The van der Waals surface area contributed by atoms with Gasteiger partial charge in [0.1, 0.15) is 0 Å². The van der Waals surface area contributed by atoms with Gasteiger partial charge in [-0.05, 0) is 26.4 Å². The van der Waals surface area contributed by atoms with E-state index in [1.54, 1.807) is 0 Å². The quantitative estimate of drug-likeness (QED) is 0.719. The first-order valence-corrected chi connectivity index (χ1v) is 10.4. The van der Waals surface area contributed by atoms with Gasteiger partial charge in [0.25, 0.3) is 0 Å². The molecule has 0 aromatic rings. The number of allylic oxidation sites excluding steroid dienone is 3. The van der Waals surface area contributed by atoms with Crippen molar-refractivity contribution in [3.8, 4) is 0 Å². The van der Waals surface area contributed by atoms with Crippen LogP contribution in [0.5, 0.6) is 0 Å². The Labute approximate surface area is 103 Å². The Kier molecular flexibility index (Phi) is 3.64. The molecule has 2 rings (SSSR count). The maximum Gasteiger partial charge on any atom is 0.187 e. The summed E-state index contributed by atoms with van der Waals surface area (Å²) in [4.78, 5) is 0. The van der Waals surface area contributed by atoms with Gasteiger partial charge in [0, 0.05) is 11.3 Å². The van der Waals surface area contributed by atoms with E-state index in [2.05, 4.69) is 60.1 Å². The zero-order valence-corrected chi connectivity index (χ0v) is 12.2. The van der Waals surface area contributed by atoms with Gasteiger partial charge in [0.15, 0.2) is 7.38 Å². The summed E-state index contributed by atoms with van der Waals surface area (Å²) >= 11 is 2.17. The van der Waals surface area contributed by atoms with E-state index < -0.39 is 7.38 Å². The molecule has 1 aliphatic heterocycles. The minimum Gasteiger partial charge on any atom is -0.365 e. The van der Waals surface area contributed by atoms with Gasteiger partial charge in [-0.25, -0.2) is 0 Å². The van der Waals surface area contributed by atoms with Crippen molar-refractivity contribution in [1.29, 1.82) is 0 Å². The maximum absolute atomic E-state index is 5.48. The highest BCUT2D eigenvalue weighted by molar-refractivity contribution is 8.29. The first kappa shape index (κ1) is 12.4. The van der Waals surface area contributed by atoms with Crippen LogP contribution in [-0.4, -0.2) is 36.6 Å². The van der Waals surface area contributed by atoms with Gasteiger partial charge in [-0.2, -0.15) is 11.2 Å². The van der Waals surface area contributed by atoms with Crippen molar-refractivity contribution in [3.05, 3.63) is 24.3 Å². The lowest BCUT2D eigenvalue weighted by Gasteiger charge is -2.39. The first-order chi connectivity index (χ1) is 7.52. The molecular formula is C12H21NOSSi. The van der Waals surface area contributed by atoms with Crippen molar-refractivity contribution in [2.24, 2.45) is 0 Å². The maximum atomic E-state index is 5.48. The van der Waals surface area contributed by atoms with Crippen LogP contribution in [0, 0.1) is 0 Å². The second-order valence-corrected chi connectivity index (χ2v) is 13.4. The summed E-state index contributed by atoms with van der Waals surface area (Å²) in [5.41, 5.74) is 0. The molecule has 0 N–H and O–H groups in total. The SMILES string of the molecule is CC1(S[Si](C)(C)N2CCOC2)C=CC=CC1. The predicted octanol–water partition coefficient (Wildman–Crippen LogP) is 2.99. The van der Waals surface area contributed by atoms with Gasteiger partial charge in [-0.3, -0.25) is 4.57 Å². The minimum absolute atomic E-state index is 0.285. The molecule has 0 amide bonds. The van der Waals surface area contributed by atoms with Gasteiger partial charge in [-0.15, -0.1) is 0 Å². The molecule has 0 aromatic carbocycles. The Morgan fingerprint density at radius 1 is 1.38 bits per heavy atom. The van der Waals surface area contributed by atoms with Crippen molar-refractivity contribution in [2.75, 3.05) is 19.9 Å². The Morgan fingerprint density at radius 3 is 2.75 bits per heavy atom. The van der Waals surface area contributed by atoms with Crippen molar-refractivity contribution in [1.82, 2.24) is 4.57 Å². The van der Waals surface area contributed by atoms with Gasteiger partial charge in [-0.1, -0.05) is 24.3 Å². The second kappa shape index (κ2) is 4.68. The van der Waals surface area contributed by atoms with Crippen LogP contribution in [0.2, 0.25) is 13.1 Å². The van der Waals surface area contributed by atoms with E-state index in [1.807, 2.05) is 0 Å². The van der Waals surface area contributed by atoms with Crippen LogP contribution in [0.1, 0.15) is 13.3 Å². The predicted molar refractivity (Wildman–Crippen MR) is 73.9 cm³/mol. The summed E-state index contributed by atoms with van der Waals surface area (Å²) in [6.45, 7) is 10.1. The van der Waals surface area contributed by atoms with E-state index in [9.17, 15) is 0 Å². The minimum atomic E-state index is -1.39. The highest BCUT2D eigenvalue weighted by Crippen LogP contribution is 2.41. The number of hydrogen-bond acceptors (Lipinski definition) is 3. The lowest BCUT2D eigenvalue weighted by molar-refractivity contribution is 0.170. The van der Waals surface area contributed by atoms with Gasteiger partial charge in [0.2, 0.25) is 0 Å². The highest BCUT2D eigenvalue weighted by atomic mass is 32.4. The van der Waals surface area contributed by atoms with Crippen LogP contribution in [0.4, 0.5) is 0 Å². The van der Waals surface area contributed by atoms with E-state index in [-0.39, 0.29) is 4.75 Å². The van der Waals surface area contributed by atoms with Crippen LogP contribution in [0.15, 0.2) is 24.3 Å². The van der Waals surface area contributed by atoms with E-state index in [0.717, 1.165) is 26.3 Å². The van der Waals surface area contributed by atoms with Gasteiger partial charge in [0.05, 0.1) is 13.3 Å². The van der Waals surface area contributed by atoms with E-state index in [0.29, 0.717) is 0 Å². The molecule has 2 nitrogen and oxygen atoms in total. The summed E-state index contributed by atoms with van der Waals surface area (Å²) in [6, 6.07) is 0. The fourth-order valence-electron chi connectivity index (χ4n) is 2.26. The van der Waals surface area contributed by atoms with E-state index in [4.69, 9.17) is 4.74 Å². The normalized spacial score (nSPS) is 31.2. The average molecular weight is 255 g/mol. The molecule has 1 fully saturated rings. The van der Waals surface area contributed by atoms with Gasteiger partial charge >= 0.3 is 0 Å². The lowest BCUT2D eigenvalue weighted by atomic mass is 10.0. The van der Waals surface area contributed by atoms with Crippen LogP contribution < -0.4 is 0 Å². The summed E-state index contributed by atoms with van der Waals surface area (Å²) in [6.07, 6.45) is 10.1. The molecule has 0 spiro atoms. The molecule has 2 aliphatic rings. The Bertz CT molecular complexity index is 310. The Balaban J connectivity index is 2.01. The first-order valence-electron chi connectivity index (χ1n) is 5.89. The standard InChI is InChI=1S/C12H21NOSSi/c1-12(7-5-4-6-8-12)15-16(2,3)13-9-10-14-11-13/h4-7H,8-11H2,1-3H3. The lowest BCUT2D eigenvalue weighted by Crippen LogP contribution is -2.47. The number of rotatable bonds is 3. The molecule has 4 heteroatoms. The molecule has 1 aliphatic carbocycles. The number of nitrogens with zero attached hydrogens (tertiary/aromatic N) is 1. The molecule has 1 saturated heterocycles. The largest absolute Gasteiger partial charge is 0.365 e. The topological polar surface area (TPSA) is 12.5 Å². The molecule has 1 heterocycles. The molecule has 0 bridgehead atoms. The van der Waals surface area contributed by atoms with Crippen LogP contribution in [-0.2, 0) is 4.74 Å². The zero-order chi connectivity index (χ0) is 11.6.